The number of amides is 1. The highest BCUT2D eigenvalue weighted by Gasteiger charge is 2.09. The molecule has 6 nitrogen and oxygen atoms in total. The number of carbonyl (C=O) groups is 1. The van der Waals surface area contributed by atoms with E-state index in [1.54, 1.807) is 19.2 Å². The van der Waals surface area contributed by atoms with Gasteiger partial charge < -0.3 is 15.5 Å². The number of pyridine rings is 1. The Bertz CT molecular complexity index is 572. The largest absolute Gasteiger partial charge is 0.444 e. The van der Waals surface area contributed by atoms with Gasteiger partial charge in [0.25, 0.3) is 5.91 Å². The number of rotatable bonds is 4. The van der Waals surface area contributed by atoms with E-state index in [0.29, 0.717) is 23.0 Å². The van der Waals surface area contributed by atoms with Crippen LogP contribution in [0.5, 0.6) is 0 Å². The van der Waals surface area contributed by atoms with Gasteiger partial charge in [-0.2, -0.15) is 0 Å². The molecule has 0 bridgehead atoms. The summed E-state index contributed by atoms with van der Waals surface area (Å²) in [6, 6.07) is 3.22. The summed E-state index contributed by atoms with van der Waals surface area (Å²) in [7, 11) is 0. The van der Waals surface area contributed by atoms with E-state index in [-0.39, 0.29) is 12.5 Å². The van der Waals surface area contributed by atoms with Crippen molar-refractivity contribution >= 4 is 11.7 Å². The van der Waals surface area contributed by atoms with E-state index in [2.05, 4.69) is 15.3 Å². The van der Waals surface area contributed by atoms with E-state index in [9.17, 15) is 4.79 Å². The summed E-state index contributed by atoms with van der Waals surface area (Å²) in [4.78, 5) is 20.0. The average molecular weight is 260 g/mol. The number of hydrogen-bond acceptors (Lipinski definition) is 5. The summed E-state index contributed by atoms with van der Waals surface area (Å²) in [5, 5.41) is 2.73. The van der Waals surface area contributed by atoms with Crippen molar-refractivity contribution in [2.24, 2.45) is 0 Å². The second-order valence-corrected chi connectivity index (χ2v) is 4.18. The molecule has 100 valence electrons. The first kappa shape index (κ1) is 13.1. The number of nitrogens with one attached hydrogen (secondary N) is 1. The van der Waals surface area contributed by atoms with Gasteiger partial charge in [-0.15, -0.1) is 0 Å². The lowest BCUT2D eigenvalue weighted by atomic mass is 10.2. The molecule has 3 N–H and O–H groups in total. The molecule has 2 rings (SSSR count). The molecule has 0 saturated heterocycles. The van der Waals surface area contributed by atoms with E-state index in [1.165, 1.54) is 6.07 Å². The summed E-state index contributed by atoms with van der Waals surface area (Å²) in [6.07, 6.45) is 2.44. The number of nitrogens with zero attached hydrogens (tertiary/aromatic N) is 2. The summed E-state index contributed by atoms with van der Waals surface area (Å²) in [6.45, 7) is 4.01. The standard InChI is InChI=1S/C13H16N4O2/c1-3-10-6-15-12(19-10)7-16-13(18)9-4-8(2)17-11(14)5-9/h4-6H,3,7H2,1-2H3,(H2,14,17)(H,16,18). The smallest absolute Gasteiger partial charge is 0.251 e. The van der Waals surface area contributed by atoms with Crippen LogP contribution in [0, 0.1) is 6.92 Å². The van der Waals surface area contributed by atoms with Gasteiger partial charge in [-0.25, -0.2) is 9.97 Å². The maximum absolute atomic E-state index is 11.9. The molecule has 2 aromatic rings. The molecule has 0 aliphatic carbocycles. The Balaban J connectivity index is 2.00. The Morgan fingerprint density at radius 2 is 2.26 bits per heavy atom. The highest BCUT2D eigenvalue weighted by Crippen LogP contribution is 2.08. The van der Waals surface area contributed by atoms with Crippen molar-refractivity contribution in [1.29, 1.82) is 0 Å². The summed E-state index contributed by atoms with van der Waals surface area (Å²) >= 11 is 0. The molecule has 0 aliphatic rings. The third kappa shape index (κ3) is 3.31. The van der Waals surface area contributed by atoms with Crippen LogP contribution < -0.4 is 11.1 Å². The minimum absolute atomic E-state index is 0.228. The minimum atomic E-state index is -0.228. The normalized spacial score (nSPS) is 10.4. The summed E-state index contributed by atoms with van der Waals surface area (Å²) in [5.41, 5.74) is 6.79. The number of hydrogen-bond donors (Lipinski definition) is 2. The van der Waals surface area contributed by atoms with Crippen molar-refractivity contribution in [3.8, 4) is 0 Å². The van der Waals surface area contributed by atoms with Gasteiger partial charge in [0.05, 0.1) is 12.7 Å². The third-order valence-corrected chi connectivity index (χ3v) is 2.59. The molecule has 0 radical (unpaired) electrons. The highest BCUT2D eigenvalue weighted by atomic mass is 16.4. The Labute approximate surface area is 111 Å². The van der Waals surface area contributed by atoms with Crippen molar-refractivity contribution in [2.75, 3.05) is 5.73 Å². The zero-order valence-corrected chi connectivity index (χ0v) is 10.9. The number of aryl methyl sites for hydroxylation is 2. The number of anilines is 1. The first-order chi connectivity index (χ1) is 9.08. The van der Waals surface area contributed by atoms with Crippen LogP contribution >= 0.6 is 0 Å². The molecule has 0 spiro atoms. The quantitative estimate of drug-likeness (QED) is 0.867. The molecule has 0 aromatic carbocycles. The number of aromatic nitrogens is 2. The van der Waals surface area contributed by atoms with Crippen LogP contribution in [0.25, 0.3) is 0 Å². The van der Waals surface area contributed by atoms with Gasteiger partial charge >= 0.3 is 0 Å². The fourth-order valence-electron chi connectivity index (χ4n) is 1.68. The molecule has 2 aromatic heterocycles. The molecule has 2 heterocycles. The van der Waals surface area contributed by atoms with Crippen LogP contribution in [0.3, 0.4) is 0 Å². The summed E-state index contributed by atoms with van der Waals surface area (Å²) in [5.74, 6) is 1.39. The molecule has 0 fully saturated rings. The van der Waals surface area contributed by atoms with Crippen LogP contribution in [0.4, 0.5) is 5.82 Å². The van der Waals surface area contributed by atoms with Gasteiger partial charge in [0, 0.05) is 17.7 Å². The van der Waals surface area contributed by atoms with Gasteiger partial charge in [-0.3, -0.25) is 4.79 Å². The molecule has 0 unspecified atom stereocenters. The fourth-order valence-corrected chi connectivity index (χ4v) is 1.68. The molecular formula is C13H16N4O2. The van der Waals surface area contributed by atoms with E-state index < -0.39 is 0 Å². The Hall–Kier alpha value is -2.37. The lowest BCUT2D eigenvalue weighted by Crippen LogP contribution is -2.23. The lowest BCUT2D eigenvalue weighted by molar-refractivity contribution is 0.0947. The molecule has 6 heteroatoms. The Morgan fingerprint density at radius 3 is 2.89 bits per heavy atom. The molecular weight excluding hydrogens is 244 g/mol. The Kier molecular flexibility index (Phi) is 3.79. The average Bonchev–Trinajstić information content (AvgIpc) is 2.82. The van der Waals surface area contributed by atoms with Crippen LogP contribution in [-0.2, 0) is 13.0 Å². The van der Waals surface area contributed by atoms with E-state index in [0.717, 1.165) is 12.2 Å². The van der Waals surface area contributed by atoms with E-state index in [1.807, 2.05) is 6.92 Å². The first-order valence-electron chi connectivity index (χ1n) is 6.04. The van der Waals surface area contributed by atoms with Crippen molar-refractivity contribution < 1.29 is 9.21 Å². The number of nitrogen functional groups attached to an aromatic ring is 1. The minimum Gasteiger partial charge on any atom is -0.444 e. The van der Waals surface area contributed by atoms with E-state index in [4.69, 9.17) is 10.2 Å². The van der Waals surface area contributed by atoms with Gasteiger partial charge in [-0.1, -0.05) is 6.92 Å². The monoisotopic (exact) mass is 260 g/mol. The molecule has 19 heavy (non-hydrogen) atoms. The van der Waals surface area contributed by atoms with Crippen molar-refractivity contribution in [2.45, 2.75) is 26.8 Å². The summed E-state index contributed by atoms with van der Waals surface area (Å²) < 4.78 is 5.40. The topological polar surface area (TPSA) is 94.0 Å². The zero-order chi connectivity index (χ0) is 13.8. The number of nitrogens with two attached hydrogens (primary N) is 1. The fraction of sp³-hybridized carbons (Fsp3) is 0.308. The van der Waals surface area contributed by atoms with Gasteiger partial charge in [0.2, 0.25) is 5.89 Å². The van der Waals surface area contributed by atoms with Crippen LogP contribution in [0.15, 0.2) is 22.7 Å². The van der Waals surface area contributed by atoms with Gasteiger partial charge in [-0.05, 0) is 19.1 Å². The maximum atomic E-state index is 11.9. The number of carbonyl (C=O) groups excluding carboxylic acids is 1. The SMILES string of the molecule is CCc1cnc(CNC(=O)c2cc(C)nc(N)c2)o1. The predicted molar refractivity (Wildman–Crippen MR) is 70.4 cm³/mol. The lowest BCUT2D eigenvalue weighted by Gasteiger charge is -2.04. The molecule has 0 saturated carbocycles. The second-order valence-electron chi connectivity index (χ2n) is 4.18. The van der Waals surface area contributed by atoms with E-state index >= 15 is 0 Å². The van der Waals surface area contributed by atoms with Crippen molar-refractivity contribution in [3.63, 3.8) is 0 Å². The maximum Gasteiger partial charge on any atom is 0.251 e. The second kappa shape index (κ2) is 5.51. The van der Waals surface area contributed by atoms with Crippen LogP contribution in [-0.4, -0.2) is 15.9 Å². The molecule has 0 aliphatic heterocycles. The van der Waals surface area contributed by atoms with Gasteiger partial charge in [0.15, 0.2) is 0 Å². The highest BCUT2D eigenvalue weighted by molar-refractivity contribution is 5.94. The van der Waals surface area contributed by atoms with Crippen molar-refractivity contribution in [1.82, 2.24) is 15.3 Å². The van der Waals surface area contributed by atoms with Crippen LogP contribution in [0.1, 0.15) is 34.6 Å². The first-order valence-corrected chi connectivity index (χ1v) is 6.04. The van der Waals surface area contributed by atoms with Crippen LogP contribution in [0.2, 0.25) is 0 Å². The molecule has 0 atom stereocenters. The zero-order valence-electron chi connectivity index (χ0n) is 10.9. The Morgan fingerprint density at radius 1 is 1.47 bits per heavy atom. The third-order valence-electron chi connectivity index (χ3n) is 2.59. The predicted octanol–water partition coefficient (Wildman–Crippen LogP) is 1.45. The van der Waals surface area contributed by atoms with Gasteiger partial charge in [0.1, 0.15) is 11.6 Å². The van der Waals surface area contributed by atoms with Crippen molar-refractivity contribution in [3.05, 3.63) is 41.2 Å². The molecule has 1 amide bonds. The number of oxazole rings is 1.